The van der Waals surface area contributed by atoms with Gasteiger partial charge in [-0.05, 0) is 35.7 Å². The predicted molar refractivity (Wildman–Crippen MR) is 56.6 cm³/mol. The molecule has 2 nitrogen and oxygen atoms in total. The Morgan fingerprint density at radius 3 is 2.43 bits per heavy atom. The van der Waals surface area contributed by atoms with Crippen molar-refractivity contribution < 1.29 is 4.74 Å². The molecule has 1 N–H and O–H groups in total. The van der Waals surface area contributed by atoms with Gasteiger partial charge in [-0.1, -0.05) is 12.1 Å². The van der Waals surface area contributed by atoms with Gasteiger partial charge in [-0.2, -0.15) is 0 Å². The summed E-state index contributed by atoms with van der Waals surface area (Å²) in [6.45, 7) is 0. The van der Waals surface area contributed by atoms with E-state index in [2.05, 4.69) is 23.2 Å². The molecule has 1 heterocycles. The third-order valence-corrected chi connectivity index (χ3v) is 2.23. The van der Waals surface area contributed by atoms with Crippen molar-refractivity contribution >= 4 is 0 Å². The van der Waals surface area contributed by atoms with Gasteiger partial charge in [0.15, 0.2) is 0 Å². The molecule has 0 radical (unpaired) electrons. The summed E-state index contributed by atoms with van der Waals surface area (Å²) in [6.07, 6.45) is 4.93. The Balaban J connectivity index is 2.10. The van der Waals surface area contributed by atoms with Gasteiger partial charge in [-0.3, -0.25) is 0 Å². The van der Waals surface area contributed by atoms with Crippen molar-refractivity contribution in [1.82, 2.24) is 4.98 Å². The Bertz CT molecular complexity index is 375. The smallest absolute Gasteiger partial charge is 0.118 e. The third-order valence-electron chi connectivity index (χ3n) is 2.23. The highest BCUT2D eigenvalue weighted by atomic mass is 16.5. The van der Waals surface area contributed by atoms with E-state index < -0.39 is 0 Å². The predicted octanol–water partition coefficient (Wildman–Crippen LogP) is 2.61. The lowest BCUT2D eigenvalue weighted by Gasteiger charge is -2.01. The van der Waals surface area contributed by atoms with Gasteiger partial charge < -0.3 is 9.72 Å². The molecule has 1 aromatic heterocycles. The zero-order chi connectivity index (χ0) is 9.80. The van der Waals surface area contributed by atoms with Crippen molar-refractivity contribution in [2.75, 3.05) is 7.11 Å². The van der Waals surface area contributed by atoms with E-state index in [4.69, 9.17) is 4.74 Å². The molecule has 2 rings (SSSR count). The Morgan fingerprint density at radius 1 is 1.07 bits per heavy atom. The summed E-state index contributed by atoms with van der Waals surface area (Å²) in [5.41, 5.74) is 2.60. The normalized spacial score (nSPS) is 10.1. The van der Waals surface area contributed by atoms with Crippen molar-refractivity contribution in [2.45, 2.75) is 6.42 Å². The highest BCUT2D eigenvalue weighted by Crippen LogP contribution is 2.14. The highest BCUT2D eigenvalue weighted by Gasteiger charge is 1.96. The van der Waals surface area contributed by atoms with Gasteiger partial charge in [0.25, 0.3) is 0 Å². The number of methoxy groups -OCH3 is 1. The Labute approximate surface area is 83.5 Å². The van der Waals surface area contributed by atoms with Crippen LogP contribution in [-0.4, -0.2) is 12.1 Å². The molecule has 0 amide bonds. The lowest BCUT2D eigenvalue weighted by Crippen LogP contribution is -1.87. The zero-order valence-corrected chi connectivity index (χ0v) is 8.16. The maximum atomic E-state index is 5.10. The number of benzene rings is 1. The molecule has 72 valence electrons. The minimum absolute atomic E-state index is 0.905. The molecule has 14 heavy (non-hydrogen) atoms. The average Bonchev–Trinajstić information content (AvgIpc) is 2.72. The maximum absolute atomic E-state index is 5.10. The summed E-state index contributed by atoms with van der Waals surface area (Å²) in [4.78, 5) is 3.05. The third kappa shape index (κ3) is 1.96. The van der Waals surface area contributed by atoms with Crippen LogP contribution in [0.4, 0.5) is 0 Å². The van der Waals surface area contributed by atoms with Crippen molar-refractivity contribution in [3.63, 3.8) is 0 Å². The van der Waals surface area contributed by atoms with Crippen LogP contribution < -0.4 is 4.74 Å². The van der Waals surface area contributed by atoms with Crippen LogP contribution in [0.1, 0.15) is 11.1 Å². The molecule has 0 bridgehead atoms. The molecule has 0 aliphatic heterocycles. The molecular weight excluding hydrogens is 174 g/mol. The van der Waals surface area contributed by atoms with Gasteiger partial charge in [0.1, 0.15) is 5.75 Å². The second-order valence-corrected chi connectivity index (χ2v) is 3.24. The van der Waals surface area contributed by atoms with E-state index in [1.165, 1.54) is 11.1 Å². The fourth-order valence-electron chi connectivity index (χ4n) is 1.45. The van der Waals surface area contributed by atoms with E-state index in [1.807, 2.05) is 24.5 Å². The molecule has 0 unspecified atom stereocenters. The molecule has 0 saturated heterocycles. The van der Waals surface area contributed by atoms with Gasteiger partial charge in [0, 0.05) is 12.4 Å². The number of ether oxygens (including phenoxy) is 1. The van der Waals surface area contributed by atoms with Crippen LogP contribution in [-0.2, 0) is 6.42 Å². The van der Waals surface area contributed by atoms with E-state index in [9.17, 15) is 0 Å². The average molecular weight is 187 g/mol. The van der Waals surface area contributed by atoms with E-state index >= 15 is 0 Å². The lowest BCUT2D eigenvalue weighted by molar-refractivity contribution is 0.414. The Hall–Kier alpha value is -1.70. The lowest BCUT2D eigenvalue weighted by atomic mass is 10.1. The standard InChI is InChI=1S/C12H13NO/c1-14-12-4-2-10(3-5-12)8-11-6-7-13-9-11/h2-7,9,13H,8H2,1H3. The molecule has 0 fully saturated rings. The first kappa shape index (κ1) is 8.88. The van der Waals surface area contributed by atoms with Gasteiger partial charge in [-0.15, -0.1) is 0 Å². The van der Waals surface area contributed by atoms with E-state index in [-0.39, 0.29) is 0 Å². The van der Waals surface area contributed by atoms with Crippen molar-refractivity contribution in [2.24, 2.45) is 0 Å². The zero-order valence-electron chi connectivity index (χ0n) is 8.16. The molecule has 2 heteroatoms. The molecule has 0 atom stereocenters. The summed E-state index contributed by atoms with van der Waals surface area (Å²) in [5, 5.41) is 0. The molecule has 2 aromatic rings. The first-order valence-electron chi connectivity index (χ1n) is 4.63. The van der Waals surface area contributed by atoms with E-state index in [1.54, 1.807) is 7.11 Å². The van der Waals surface area contributed by atoms with Gasteiger partial charge in [-0.25, -0.2) is 0 Å². The quantitative estimate of drug-likeness (QED) is 0.785. The first-order valence-corrected chi connectivity index (χ1v) is 4.63. The molecule has 0 saturated carbocycles. The largest absolute Gasteiger partial charge is 0.497 e. The van der Waals surface area contributed by atoms with Crippen LogP contribution in [0.3, 0.4) is 0 Å². The van der Waals surface area contributed by atoms with E-state index in [0.717, 1.165) is 12.2 Å². The molecule has 0 aliphatic carbocycles. The second kappa shape index (κ2) is 4.01. The maximum Gasteiger partial charge on any atom is 0.118 e. The highest BCUT2D eigenvalue weighted by molar-refractivity contribution is 5.30. The SMILES string of the molecule is COc1ccc(Cc2cc[nH]c2)cc1. The van der Waals surface area contributed by atoms with Crippen LogP contribution in [0, 0.1) is 0 Å². The van der Waals surface area contributed by atoms with Gasteiger partial charge in [0.05, 0.1) is 7.11 Å². The van der Waals surface area contributed by atoms with E-state index in [0.29, 0.717) is 0 Å². The number of aromatic nitrogens is 1. The molecule has 1 aromatic carbocycles. The molecule has 0 spiro atoms. The van der Waals surface area contributed by atoms with Crippen LogP contribution in [0.2, 0.25) is 0 Å². The number of hydrogen-bond acceptors (Lipinski definition) is 1. The Kier molecular flexibility index (Phi) is 2.54. The number of rotatable bonds is 3. The van der Waals surface area contributed by atoms with Crippen LogP contribution >= 0.6 is 0 Å². The second-order valence-electron chi connectivity index (χ2n) is 3.24. The summed E-state index contributed by atoms with van der Waals surface area (Å²) in [6, 6.07) is 10.2. The minimum atomic E-state index is 0.905. The summed E-state index contributed by atoms with van der Waals surface area (Å²) in [5.74, 6) is 0.905. The first-order chi connectivity index (χ1) is 6.88. The van der Waals surface area contributed by atoms with Crippen molar-refractivity contribution in [1.29, 1.82) is 0 Å². The topological polar surface area (TPSA) is 25.0 Å². The molecular formula is C12H13NO. The van der Waals surface area contributed by atoms with Gasteiger partial charge >= 0.3 is 0 Å². The summed E-state index contributed by atoms with van der Waals surface area (Å²) < 4.78 is 5.10. The van der Waals surface area contributed by atoms with Crippen LogP contribution in [0.5, 0.6) is 5.75 Å². The van der Waals surface area contributed by atoms with Crippen molar-refractivity contribution in [3.05, 3.63) is 53.9 Å². The van der Waals surface area contributed by atoms with Crippen LogP contribution in [0.25, 0.3) is 0 Å². The number of hydrogen-bond donors (Lipinski definition) is 1. The number of nitrogens with one attached hydrogen (secondary N) is 1. The summed E-state index contributed by atoms with van der Waals surface area (Å²) in [7, 11) is 1.68. The van der Waals surface area contributed by atoms with Gasteiger partial charge in [0.2, 0.25) is 0 Å². The monoisotopic (exact) mass is 187 g/mol. The minimum Gasteiger partial charge on any atom is -0.497 e. The number of aromatic amines is 1. The molecule has 0 aliphatic rings. The fraction of sp³-hybridized carbons (Fsp3) is 0.167. The number of H-pyrrole nitrogens is 1. The van der Waals surface area contributed by atoms with Crippen molar-refractivity contribution in [3.8, 4) is 5.75 Å². The summed E-state index contributed by atoms with van der Waals surface area (Å²) >= 11 is 0. The van der Waals surface area contributed by atoms with Crippen LogP contribution in [0.15, 0.2) is 42.7 Å². The fourth-order valence-corrected chi connectivity index (χ4v) is 1.45. The Morgan fingerprint density at radius 2 is 1.86 bits per heavy atom.